The summed E-state index contributed by atoms with van der Waals surface area (Å²) in [6, 6.07) is 3.97. The van der Waals surface area contributed by atoms with Crippen LogP contribution in [0.1, 0.15) is 37.8 Å². The SMILES string of the molecule is Cl.ClCc1cc(OC2C3CC4CC(C3)CC2C4)ccn1. The summed E-state index contributed by atoms with van der Waals surface area (Å²) in [5, 5.41) is 0. The average Bonchev–Trinajstić information content (AvgIpc) is 2.42. The molecule has 4 bridgehead atoms. The van der Waals surface area contributed by atoms with Crippen LogP contribution in [0.4, 0.5) is 0 Å². The van der Waals surface area contributed by atoms with E-state index in [0.29, 0.717) is 12.0 Å². The average molecular weight is 314 g/mol. The smallest absolute Gasteiger partial charge is 0.123 e. The summed E-state index contributed by atoms with van der Waals surface area (Å²) in [4.78, 5) is 4.23. The Balaban J connectivity index is 0.00000121. The van der Waals surface area contributed by atoms with Crippen LogP contribution in [0.5, 0.6) is 5.75 Å². The quantitative estimate of drug-likeness (QED) is 0.769. The predicted molar refractivity (Wildman–Crippen MR) is 82.5 cm³/mol. The third-order valence-corrected chi connectivity index (χ3v) is 5.61. The number of rotatable bonds is 3. The van der Waals surface area contributed by atoms with E-state index in [-0.39, 0.29) is 12.4 Å². The van der Waals surface area contributed by atoms with Crippen LogP contribution < -0.4 is 4.74 Å². The van der Waals surface area contributed by atoms with Crippen LogP contribution in [-0.2, 0) is 5.88 Å². The molecule has 0 saturated heterocycles. The fraction of sp³-hybridized carbons (Fsp3) is 0.688. The number of hydrogen-bond donors (Lipinski definition) is 0. The van der Waals surface area contributed by atoms with Gasteiger partial charge in [-0.2, -0.15) is 0 Å². The van der Waals surface area contributed by atoms with Gasteiger partial charge >= 0.3 is 0 Å². The Kier molecular flexibility index (Phi) is 4.14. The number of halogens is 2. The van der Waals surface area contributed by atoms with Gasteiger partial charge in [-0.1, -0.05) is 0 Å². The topological polar surface area (TPSA) is 22.1 Å². The van der Waals surface area contributed by atoms with Crippen molar-refractivity contribution in [3.05, 3.63) is 24.0 Å². The van der Waals surface area contributed by atoms with Gasteiger partial charge in [-0.05, 0) is 61.8 Å². The number of nitrogens with zero attached hydrogens (tertiary/aromatic N) is 1. The zero-order valence-electron chi connectivity index (χ0n) is 11.5. The summed E-state index contributed by atoms with van der Waals surface area (Å²) < 4.78 is 6.34. The second-order valence-electron chi connectivity index (χ2n) is 6.63. The first kappa shape index (κ1) is 14.5. The van der Waals surface area contributed by atoms with Gasteiger partial charge in [0.25, 0.3) is 0 Å². The lowest BCUT2D eigenvalue weighted by molar-refractivity contribution is -0.0790. The van der Waals surface area contributed by atoms with Crippen LogP contribution in [0.15, 0.2) is 18.3 Å². The normalized spacial score (nSPS) is 37.5. The van der Waals surface area contributed by atoms with Gasteiger partial charge in [-0.3, -0.25) is 4.98 Å². The molecule has 1 heterocycles. The number of pyridine rings is 1. The maximum atomic E-state index is 6.34. The van der Waals surface area contributed by atoms with E-state index in [2.05, 4.69) is 4.98 Å². The highest BCUT2D eigenvalue weighted by Crippen LogP contribution is 2.54. The molecule has 0 aromatic carbocycles. The minimum Gasteiger partial charge on any atom is -0.490 e. The first-order chi connectivity index (χ1) is 9.31. The van der Waals surface area contributed by atoms with Gasteiger partial charge < -0.3 is 4.74 Å². The zero-order chi connectivity index (χ0) is 12.8. The highest BCUT2D eigenvalue weighted by atomic mass is 35.5. The first-order valence-corrected chi connectivity index (χ1v) is 8.03. The third kappa shape index (κ3) is 2.53. The molecule has 4 aliphatic carbocycles. The van der Waals surface area contributed by atoms with Gasteiger partial charge in [-0.25, -0.2) is 0 Å². The van der Waals surface area contributed by atoms with E-state index in [9.17, 15) is 0 Å². The van der Waals surface area contributed by atoms with Gasteiger partial charge in [-0.15, -0.1) is 24.0 Å². The van der Waals surface area contributed by atoms with Crippen LogP contribution in [0.25, 0.3) is 0 Å². The number of ether oxygens (including phenoxy) is 1. The lowest BCUT2D eigenvalue weighted by Crippen LogP contribution is -2.50. The molecule has 4 heteroatoms. The lowest BCUT2D eigenvalue weighted by atomic mass is 9.55. The maximum Gasteiger partial charge on any atom is 0.123 e. The lowest BCUT2D eigenvalue weighted by Gasteiger charge is -2.53. The molecule has 110 valence electrons. The summed E-state index contributed by atoms with van der Waals surface area (Å²) in [5.74, 6) is 5.01. The first-order valence-electron chi connectivity index (χ1n) is 7.49. The summed E-state index contributed by atoms with van der Waals surface area (Å²) in [7, 11) is 0. The molecule has 20 heavy (non-hydrogen) atoms. The summed E-state index contributed by atoms with van der Waals surface area (Å²) in [6.07, 6.45) is 9.32. The monoisotopic (exact) mass is 313 g/mol. The van der Waals surface area contributed by atoms with Gasteiger partial charge in [0.1, 0.15) is 11.9 Å². The molecule has 0 atom stereocenters. The largest absolute Gasteiger partial charge is 0.490 e. The van der Waals surface area contributed by atoms with Crippen LogP contribution in [0.3, 0.4) is 0 Å². The molecule has 0 radical (unpaired) electrons. The van der Waals surface area contributed by atoms with E-state index in [0.717, 1.165) is 35.1 Å². The fourth-order valence-electron chi connectivity index (χ4n) is 4.83. The maximum absolute atomic E-state index is 6.34. The Morgan fingerprint density at radius 2 is 1.75 bits per heavy atom. The molecule has 0 spiro atoms. The summed E-state index contributed by atoms with van der Waals surface area (Å²) >= 11 is 5.84. The summed E-state index contributed by atoms with van der Waals surface area (Å²) in [6.45, 7) is 0. The highest BCUT2D eigenvalue weighted by Gasteiger charge is 2.49. The molecular formula is C16H21Cl2NO. The highest BCUT2D eigenvalue weighted by molar-refractivity contribution is 6.16. The van der Waals surface area contributed by atoms with Gasteiger partial charge in [0, 0.05) is 12.3 Å². The van der Waals surface area contributed by atoms with Crippen LogP contribution in [0, 0.1) is 23.7 Å². The van der Waals surface area contributed by atoms with E-state index in [1.54, 1.807) is 0 Å². The van der Waals surface area contributed by atoms with E-state index >= 15 is 0 Å². The number of aromatic nitrogens is 1. The van der Waals surface area contributed by atoms with Crippen molar-refractivity contribution in [2.75, 3.05) is 0 Å². The Labute approximate surface area is 131 Å². The Morgan fingerprint density at radius 1 is 1.10 bits per heavy atom. The predicted octanol–water partition coefficient (Wildman–Crippen LogP) is 4.45. The van der Waals surface area contributed by atoms with Gasteiger partial charge in [0.2, 0.25) is 0 Å². The van der Waals surface area contributed by atoms with E-state index in [1.807, 2.05) is 18.3 Å². The van der Waals surface area contributed by atoms with Crippen molar-refractivity contribution >= 4 is 24.0 Å². The van der Waals surface area contributed by atoms with Crippen molar-refractivity contribution in [1.29, 1.82) is 0 Å². The molecule has 5 rings (SSSR count). The fourth-order valence-corrected chi connectivity index (χ4v) is 4.97. The number of alkyl halides is 1. The second-order valence-corrected chi connectivity index (χ2v) is 6.90. The van der Waals surface area contributed by atoms with Crippen LogP contribution in [0.2, 0.25) is 0 Å². The molecular weight excluding hydrogens is 293 g/mol. The van der Waals surface area contributed by atoms with Crippen molar-refractivity contribution < 1.29 is 4.74 Å². The van der Waals surface area contributed by atoms with Gasteiger partial charge in [0.15, 0.2) is 0 Å². The molecule has 0 amide bonds. The van der Waals surface area contributed by atoms with Crippen LogP contribution in [-0.4, -0.2) is 11.1 Å². The molecule has 1 aromatic heterocycles. The summed E-state index contributed by atoms with van der Waals surface area (Å²) in [5.41, 5.74) is 0.906. The van der Waals surface area contributed by atoms with Gasteiger partial charge in [0.05, 0.1) is 11.6 Å². The van der Waals surface area contributed by atoms with E-state index < -0.39 is 0 Å². The van der Waals surface area contributed by atoms with Crippen molar-refractivity contribution in [3.8, 4) is 5.75 Å². The van der Waals surface area contributed by atoms with E-state index in [4.69, 9.17) is 16.3 Å². The Bertz CT molecular complexity index is 451. The Morgan fingerprint density at radius 3 is 2.35 bits per heavy atom. The molecule has 0 N–H and O–H groups in total. The zero-order valence-corrected chi connectivity index (χ0v) is 13.1. The van der Waals surface area contributed by atoms with E-state index in [1.165, 1.54) is 32.1 Å². The van der Waals surface area contributed by atoms with Crippen molar-refractivity contribution in [2.24, 2.45) is 23.7 Å². The molecule has 4 fully saturated rings. The molecule has 1 aromatic rings. The number of hydrogen-bond acceptors (Lipinski definition) is 2. The van der Waals surface area contributed by atoms with Crippen molar-refractivity contribution in [1.82, 2.24) is 4.98 Å². The second kappa shape index (κ2) is 5.73. The minimum atomic E-state index is 0. The minimum absolute atomic E-state index is 0. The standard InChI is InChI=1S/C16H20ClNO.ClH/c17-9-14-8-15(1-2-18-14)19-16-12-4-10-3-11(6-12)7-13(16)5-10;/h1-2,8,10-13,16H,3-7,9H2;1H. The molecule has 0 unspecified atom stereocenters. The Hall–Kier alpha value is -0.470. The third-order valence-electron chi connectivity index (χ3n) is 5.34. The van der Waals surface area contributed by atoms with Crippen molar-refractivity contribution in [2.45, 2.75) is 44.1 Å². The van der Waals surface area contributed by atoms with Crippen molar-refractivity contribution in [3.63, 3.8) is 0 Å². The molecule has 4 aliphatic rings. The molecule has 4 saturated carbocycles. The molecule has 0 aliphatic heterocycles. The van der Waals surface area contributed by atoms with Crippen LogP contribution >= 0.6 is 24.0 Å². The molecule has 2 nitrogen and oxygen atoms in total.